The molecule has 0 radical (unpaired) electrons. The molecule has 3 aliphatic heterocycles. The van der Waals surface area contributed by atoms with Crippen LogP contribution in [-0.4, -0.2) is 85.3 Å². The zero-order valence-corrected chi connectivity index (χ0v) is 24.7. The summed E-state index contributed by atoms with van der Waals surface area (Å²) in [5, 5.41) is 0. The normalized spacial score (nSPS) is 26.6. The van der Waals surface area contributed by atoms with E-state index in [1.165, 1.54) is 16.2 Å². The second-order valence-corrected chi connectivity index (χ2v) is 15.0. The van der Waals surface area contributed by atoms with Gasteiger partial charge in [-0.3, -0.25) is 14.5 Å². The van der Waals surface area contributed by atoms with E-state index in [-0.39, 0.29) is 28.6 Å². The SMILES string of the molecule is CC1C=CC(C)N1C[C@@H]1CCCN1C(=O)CN1CCC[C@H](NS(=O)(=O)c2ccc(-c3ccc(Cl)s3)s2)C1=O. The summed E-state index contributed by atoms with van der Waals surface area (Å²) in [4.78, 5) is 34.1. The second-order valence-electron chi connectivity index (χ2n) is 10.2. The fourth-order valence-electron chi connectivity index (χ4n) is 5.59. The first-order valence-corrected chi connectivity index (χ1v) is 16.5. The Morgan fingerprint density at radius 3 is 2.42 bits per heavy atom. The number of thiophene rings is 2. The van der Waals surface area contributed by atoms with Crippen molar-refractivity contribution in [1.82, 2.24) is 19.4 Å². The van der Waals surface area contributed by atoms with E-state index < -0.39 is 16.1 Å². The van der Waals surface area contributed by atoms with Crippen molar-refractivity contribution in [2.75, 3.05) is 26.2 Å². The molecule has 8 nitrogen and oxygen atoms in total. The molecule has 0 aromatic carbocycles. The molecule has 1 N–H and O–H groups in total. The van der Waals surface area contributed by atoms with Gasteiger partial charge in [0.25, 0.3) is 10.0 Å². The molecule has 4 atom stereocenters. The van der Waals surface area contributed by atoms with Crippen LogP contribution in [0.3, 0.4) is 0 Å². The Kier molecular flexibility index (Phi) is 8.33. The van der Waals surface area contributed by atoms with Crippen LogP contribution >= 0.6 is 34.3 Å². The Hall–Kier alpha value is -1.76. The van der Waals surface area contributed by atoms with Crippen LogP contribution in [-0.2, 0) is 19.6 Å². The van der Waals surface area contributed by atoms with Gasteiger partial charge in [0.1, 0.15) is 10.3 Å². The topological polar surface area (TPSA) is 90.0 Å². The van der Waals surface area contributed by atoms with Crippen molar-refractivity contribution in [3.05, 3.63) is 40.8 Å². The van der Waals surface area contributed by atoms with Crippen LogP contribution in [0.2, 0.25) is 4.34 Å². The molecule has 2 saturated heterocycles. The Morgan fingerprint density at radius 2 is 1.71 bits per heavy atom. The predicted molar refractivity (Wildman–Crippen MR) is 152 cm³/mol. The summed E-state index contributed by atoms with van der Waals surface area (Å²) in [5.41, 5.74) is 0. The van der Waals surface area contributed by atoms with Crippen LogP contribution < -0.4 is 4.72 Å². The van der Waals surface area contributed by atoms with Gasteiger partial charge in [0, 0.05) is 47.5 Å². The number of amides is 2. The molecule has 0 saturated carbocycles. The van der Waals surface area contributed by atoms with E-state index >= 15 is 0 Å². The van der Waals surface area contributed by atoms with Crippen molar-refractivity contribution in [3.8, 4) is 9.75 Å². The molecular weight excluding hydrogens is 564 g/mol. The van der Waals surface area contributed by atoms with E-state index in [0.29, 0.717) is 42.4 Å². The fraction of sp³-hybridized carbons (Fsp3) is 0.538. The second kappa shape index (κ2) is 11.4. The smallest absolute Gasteiger partial charge is 0.250 e. The number of nitrogens with zero attached hydrogens (tertiary/aromatic N) is 3. The average molecular weight is 597 g/mol. The number of halogens is 1. The van der Waals surface area contributed by atoms with E-state index in [1.807, 2.05) is 11.0 Å². The standard InChI is InChI=1S/C26H33ClN4O4S3/c1-17-7-8-18(2)31(17)15-19-5-3-14-30(19)24(32)16-29-13-4-6-20(26(29)33)28-38(34,35)25-12-10-22(37-25)21-9-11-23(27)36-21/h7-12,17-20,28H,3-6,13-16H2,1-2H3/t17?,18?,19-,20-/m0/s1. The third-order valence-corrected chi connectivity index (χ3v) is 12.1. The van der Waals surface area contributed by atoms with Gasteiger partial charge < -0.3 is 9.80 Å². The molecule has 5 rings (SSSR count). The molecule has 0 spiro atoms. The van der Waals surface area contributed by atoms with Crippen molar-refractivity contribution in [2.45, 2.75) is 67.9 Å². The van der Waals surface area contributed by atoms with Gasteiger partial charge >= 0.3 is 0 Å². The van der Waals surface area contributed by atoms with Crippen LogP contribution in [0.1, 0.15) is 39.5 Å². The molecule has 2 unspecified atom stereocenters. The fourth-order valence-corrected chi connectivity index (χ4v) is 9.27. The largest absolute Gasteiger partial charge is 0.337 e. The van der Waals surface area contributed by atoms with Crippen LogP contribution in [0.4, 0.5) is 0 Å². The van der Waals surface area contributed by atoms with Crippen molar-refractivity contribution in [3.63, 3.8) is 0 Å². The summed E-state index contributed by atoms with van der Waals surface area (Å²) in [6.07, 6.45) is 7.36. The third kappa shape index (κ3) is 5.88. The Balaban J connectivity index is 1.20. The Labute approximate surface area is 237 Å². The number of rotatable bonds is 8. The third-order valence-electron chi connectivity index (χ3n) is 7.65. The summed E-state index contributed by atoms with van der Waals surface area (Å²) in [7, 11) is -3.89. The lowest BCUT2D eigenvalue weighted by atomic mass is 10.1. The average Bonchev–Trinajstić information content (AvgIpc) is 3.67. The Morgan fingerprint density at radius 1 is 1.03 bits per heavy atom. The number of carbonyl (C=O) groups is 2. The number of hydrogen-bond acceptors (Lipinski definition) is 7. The maximum atomic E-state index is 13.3. The van der Waals surface area contributed by atoms with E-state index in [1.54, 1.807) is 18.2 Å². The van der Waals surface area contributed by atoms with Gasteiger partial charge in [0.15, 0.2) is 0 Å². The predicted octanol–water partition coefficient (Wildman–Crippen LogP) is 4.04. The van der Waals surface area contributed by atoms with Gasteiger partial charge in [-0.05, 0) is 63.8 Å². The van der Waals surface area contributed by atoms with Gasteiger partial charge in [-0.25, -0.2) is 8.42 Å². The molecule has 38 heavy (non-hydrogen) atoms. The van der Waals surface area contributed by atoms with E-state index in [2.05, 4.69) is 35.6 Å². The van der Waals surface area contributed by atoms with Gasteiger partial charge in [-0.2, -0.15) is 4.72 Å². The number of nitrogens with one attached hydrogen (secondary N) is 1. The molecule has 2 aromatic rings. The molecule has 0 aliphatic carbocycles. The minimum Gasteiger partial charge on any atom is -0.337 e. The summed E-state index contributed by atoms with van der Waals surface area (Å²) in [6, 6.07) is 6.89. The first-order valence-electron chi connectivity index (χ1n) is 13.0. The lowest BCUT2D eigenvalue weighted by Gasteiger charge is -2.36. The monoisotopic (exact) mass is 596 g/mol. The summed E-state index contributed by atoms with van der Waals surface area (Å²) in [5.74, 6) is -0.397. The molecule has 2 fully saturated rings. The lowest BCUT2D eigenvalue weighted by Crippen LogP contribution is -2.55. The van der Waals surface area contributed by atoms with Crippen molar-refractivity contribution >= 4 is 56.1 Å². The van der Waals surface area contributed by atoms with Crippen LogP contribution in [0, 0.1) is 0 Å². The maximum Gasteiger partial charge on any atom is 0.250 e. The first-order chi connectivity index (χ1) is 18.1. The van der Waals surface area contributed by atoms with Crippen molar-refractivity contribution in [1.29, 1.82) is 0 Å². The van der Waals surface area contributed by atoms with Crippen LogP contribution in [0.25, 0.3) is 9.75 Å². The molecular formula is C26H33ClN4O4S3. The highest BCUT2D eigenvalue weighted by molar-refractivity contribution is 7.91. The highest BCUT2D eigenvalue weighted by Gasteiger charge is 2.37. The number of carbonyl (C=O) groups excluding carboxylic acids is 2. The van der Waals surface area contributed by atoms with Gasteiger partial charge in [-0.15, -0.1) is 22.7 Å². The van der Waals surface area contributed by atoms with Crippen molar-refractivity contribution < 1.29 is 18.0 Å². The molecule has 12 heteroatoms. The lowest BCUT2D eigenvalue weighted by molar-refractivity contribution is -0.143. The quantitative estimate of drug-likeness (QED) is 0.465. The molecule has 5 heterocycles. The Bertz CT molecular complexity index is 1310. The van der Waals surface area contributed by atoms with Crippen LogP contribution in [0.15, 0.2) is 40.6 Å². The van der Waals surface area contributed by atoms with Gasteiger partial charge in [0.2, 0.25) is 11.8 Å². The zero-order valence-electron chi connectivity index (χ0n) is 21.5. The molecule has 2 amide bonds. The highest BCUT2D eigenvalue weighted by atomic mass is 35.5. The molecule has 3 aliphatic rings. The first kappa shape index (κ1) is 27.8. The van der Waals surface area contributed by atoms with Crippen molar-refractivity contribution in [2.24, 2.45) is 0 Å². The molecule has 206 valence electrons. The molecule has 0 bridgehead atoms. The van der Waals surface area contributed by atoms with E-state index in [0.717, 1.165) is 40.5 Å². The number of hydrogen-bond donors (Lipinski definition) is 1. The molecule has 2 aromatic heterocycles. The number of piperidine rings is 1. The van der Waals surface area contributed by atoms with Gasteiger partial charge in [-0.1, -0.05) is 23.8 Å². The minimum absolute atomic E-state index is 0.0147. The zero-order chi connectivity index (χ0) is 27.0. The summed E-state index contributed by atoms with van der Waals surface area (Å²) < 4.78 is 29.6. The van der Waals surface area contributed by atoms with Crippen LogP contribution in [0.5, 0.6) is 0 Å². The van der Waals surface area contributed by atoms with E-state index in [9.17, 15) is 18.0 Å². The van der Waals surface area contributed by atoms with E-state index in [4.69, 9.17) is 11.6 Å². The summed E-state index contributed by atoms with van der Waals surface area (Å²) >= 11 is 8.55. The van der Waals surface area contributed by atoms with Gasteiger partial charge in [0.05, 0.1) is 10.9 Å². The summed E-state index contributed by atoms with van der Waals surface area (Å²) in [6.45, 7) is 6.29. The number of sulfonamides is 1. The highest BCUT2D eigenvalue weighted by Crippen LogP contribution is 2.37. The minimum atomic E-state index is -3.89. The number of likely N-dealkylation sites (tertiary alicyclic amines) is 2. The maximum absolute atomic E-state index is 13.3.